The van der Waals surface area contributed by atoms with E-state index in [4.69, 9.17) is 0 Å². The van der Waals surface area contributed by atoms with Crippen LogP contribution >= 0.6 is 0 Å². The molecule has 0 aliphatic rings. The van der Waals surface area contributed by atoms with Crippen LogP contribution < -0.4 is 9.80 Å². The van der Waals surface area contributed by atoms with Crippen molar-refractivity contribution in [3.63, 3.8) is 0 Å². The van der Waals surface area contributed by atoms with Crippen LogP contribution in [0.1, 0.15) is 107 Å². The van der Waals surface area contributed by atoms with Gasteiger partial charge in [0.25, 0.3) is 0 Å². The second-order valence-corrected chi connectivity index (χ2v) is 11.9. The maximum Gasteiger partial charge on any atom is 2.00 e. The van der Waals surface area contributed by atoms with Crippen LogP contribution in [0.4, 0.5) is 28.9 Å². The summed E-state index contributed by atoms with van der Waals surface area (Å²) in [4.78, 5) is 28.4. The number of carbonyl (C=O) groups is 2. The van der Waals surface area contributed by atoms with Crippen LogP contribution in [0.25, 0.3) is 0 Å². The minimum Gasteiger partial charge on any atom is -0.363 e. The summed E-state index contributed by atoms with van der Waals surface area (Å²) in [5.74, 6) is -3.40. The average molecular weight is 641 g/mol. The van der Waals surface area contributed by atoms with Crippen molar-refractivity contribution in [2.75, 3.05) is 22.9 Å². The zero-order valence-corrected chi connectivity index (χ0v) is 28.7. The smallest absolute Gasteiger partial charge is 0.363 e. The monoisotopic (exact) mass is 640 g/mol. The molecule has 2 aromatic rings. The molecule has 238 valence electrons. The maximum atomic E-state index is 14.0. The molecule has 0 aliphatic carbocycles. The van der Waals surface area contributed by atoms with Gasteiger partial charge in [-0.3, -0.25) is 9.59 Å². The third-order valence-electron chi connectivity index (χ3n) is 7.13. The van der Waals surface area contributed by atoms with Crippen molar-refractivity contribution in [3.05, 3.63) is 59.7 Å². The first kappa shape index (κ1) is 40.8. The zero-order valence-electron chi connectivity index (χ0n) is 27.1. The molecule has 4 nitrogen and oxygen atoms in total. The Kier molecular flexibility index (Phi) is 18.3. The van der Waals surface area contributed by atoms with Gasteiger partial charge in [-0.2, -0.15) is 0 Å². The van der Waals surface area contributed by atoms with Crippen molar-refractivity contribution in [2.24, 2.45) is 10.8 Å². The van der Waals surface area contributed by atoms with Gasteiger partial charge < -0.3 is 9.80 Å². The van der Waals surface area contributed by atoms with E-state index in [1.807, 2.05) is 67.5 Å². The van der Waals surface area contributed by atoms with Crippen LogP contribution in [0.2, 0.25) is 0 Å². The quantitative estimate of drug-likeness (QED) is 0.117. The summed E-state index contributed by atoms with van der Waals surface area (Å²) < 4.78 is 54.0. The van der Waals surface area contributed by atoms with Crippen LogP contribution in [-0.4, -0.2) is 24.9 Å². The molecule has 2 aromatic carbocycles. The van der Waals surface area contributed by atoms with Gasteiger partial charge in [0.2, 0.25) is 11.8 Å². The van der Waals surface area contributed by atoms with Gasteiger partial charge in [0.15, 0.2) is 0 Å². The summed E-state index contributed by atoms with van der Waals surface area (Å²) in [7, 11) is 0. The Morgan fingerprint density at radius 1 is 0.628 bits per heavy atom. The number of unbranched alkanes of at least 4 members (excludes halogenated alkanes) is 2. The van der Waals surface area contributed by atoms with Crippen LogP contribution in [0.3, 0.4) is 0 Å². The fraction of sp³-hybridized carbons (Fsp3) is 0.588. The van der Waals surface area contributed by atoms with E-state index in [1.54, 1.807) is 0 Å². The van der Waals surface area contributed by atoms with E-state index in [0.29, 0.717) is 13.1 Å². The molecule has 0 aromatic heterocycles. The van der Waals surface area contributed by atoms with Gasteiger partial charge in [0, 0.05) is 47.2 Å². The van der Waals surface area contributed by atoms with Crippen molar-refractivity contribution in [2.45, 2.75) is 107 Å². The first-order valence-corrected chi connectivity index (χ1v) is 15.0. The summed E-state index contributed by atoms with van der Waals surface area (Å²) in [5, 5.41) is 0. The number of rotatable bonds is 14. The van der Waals surface area contributed by atoms with Gasteiger partial charge in [-0.05, 0) is 37.1 Å². The fourth-order valence-electron chi connectivity index (χ4n) is 4.78. The van der Waals surface area contributed by atoms with Crippen molar-refractivity contribution in [1.82, 2.24) is 0 Å². The van der Waals surface area contributed by atoms with Gasteiger partial charge in [-0.1, -0.05) is 81.1 Å². The summed E-state index contributed by atoms with van der Waals surface area (Å²) in [5.41, 5.74) is -0.912. The van der Waals surface area contributed by atoms with Crippen LogP contribution in [0.5, 0.6) is 0 Å². The Morgan fingerprint density at radius 3 is 1.21 bits per heavy atom. The number of hydrogen-bond donors (Lipinski definition) is 0. The van der Waals surface area contributed by atoms with E-state index in [0.717, 1.165) is 63.5 Å². The zero-order chi connectivity index (χ0) is 32.1. The van der Waals surface area contributed by atoms with Gasteiger partial charge >= 0.3 is 21.7 Å². The minimum absolute atomic E-state index is 0. The molecule has 2 amide bonds. The molecule has 2 rings (SSSR count). The fourth-order valence-corrected chi connectivity index (χ4v) is 4.78. The van der Waals surface area contributed by atoms with E-state index in [9.17, 15) is 27.2 Å². The average Bonchev–Trinajstić information content (AvgIpc) is 2.91. The standard InChI is InChI=1S/2C17H24F2NO.Ti/c2*1-5-7-11-20(16(21)17(3,4)10-6-2)15-9-8-13(18)12-14(15)19;/h2*8-9H,5-7,10-11H2,1-4H3;/q2*-1;+2. The molecular weight excluding hydrogens is 592 g/mol. The Bertz CT molecular complexity index is 1070. The normalized spacial score (nSPS) is 11.3. The number of amides is 2. The third kappa shape index (κ3) is 12.4. The van der Waals surface area contributed by atoms with Crippen LogP contribution in [0, 0.1) is 46.2 Å². The molecule has 0 fully saturated rings. The van der Waals surface area contributed by atoms with Crippen LogP contribution in [-0.2, 0) is 31.3 Å². The molecule has 0 saturated carbocycles. The Labute approximate surface area is 271 Å². The molecule has 0 radical (unpaired) electrons. The first-order valence-electron chi connectivity index (χ1n) is 15.0. The van der Waals surface area contributed by atoms with E-state index in [-0.39, 0.29) is 44.9 Å². The number of carbonyl (C=O) groups excluding carboxylic acids is 2. The molecule has 0 N–H and O–H groups in total. The maximum absolute atomic E-state index is 14.0. The van der Waals surface area contributed by atoms with E-state index in [2.05, 4.69) is 0 Å². The van der Waals surface area contributed by atoms with E-state index < -0.39 is 34.1 Å². The van der Waals surface area contributed by atoms with Crippen molar-refractivity contribution in [1.29, 1.82) is 0 Å². The molecule has 0 saturated heterocycles. The molecular formula is C34H48F4N2O2Ti. The largest absolute Gasteiger partial charge is 2.00 e. The van der Waals surface area contributed by atoms with Crippen molar-refractivity contribution in [3.8, 4) is 0 Å². The summed E-state index contributed by atoms with van der Waals surface area (Å²) in [6.45, 7) is 16.4. The molecule has 0 heterocycles. The topological polar surface area (TPSA) is 40.6 Å². The second kappa shape index (κ2) is 19.3. The number of halogens is 4. The van der Waals surface area contributed by atoms with Gasteiger partial charge in [0.1, 0.15) is 0 Å². The Morgan fingerprint density at radius 2 is 0.953 bits per heavy atom. The second-order valence-electron chi connectivity index (χ2n) is 11.9. The van der Waals surface area contributed by atoms with Crippen LogP contribution in [0.15, 0.2) is 24.3 Å². The van der Waals surface area contributed by atoms with E-state index in [1.165, 1.54) is 21.9 Å². The number of anilines is 2. The Hall–Kier alpha value is -2.19. The summed E-state index contributed by atoms with van der Waals surface area (Å²) in [6, 6.07) is 8.92. The van der Waals surface area contributed by atoms with Gasteiger partial charge in [0.05, 0.1) is 0 Å². The predicted molar refractivity (Wildman–Crippen MR) is 162 cm³/mol. The first-order chi connectivity index (χ1) is 19.7. The van der Waals surface area contributed by atoms with Crippen molar-refractivity contribution < 1.29 is 48.9 Å². The predicted octanol–water partition coefficient (Wildman–Crippen LogP) is 9.45. The van der Waals surface area contributed by atoms with E-state index >= 15 is 0 Å². The minimum atomic E-state index is -0.813. The number of hydrogen-bond acceptors (Lipinski definition) is 2. The summed E-state index contributed by atoms with van der Waals surface area (Å²) >= 11 is 0. The molecule has 0 bridgehead atoms. The number of benzene rings is 2. The molecule has 0 spiro atoms. The molecule has 43 heavy (non-hydrogen) atoms. The summed E-state index contributed by atoms with van der Waals surface area (Å²) in [6.07, 6.45) is 6.52. The molecule has 0 aliphatic heterocycles. The van der Waals surface area contributed by atoms with Crippen molar-refractivity contribution >= 4 is 23.2 Å². The third-order valence-corrected chi connectivity index (χ3v) is 7.13. The van der Waals surface area contributed by atoms with Gasteiger partial charge in [-0.25, -0.2) is 17.6 Å². The SMILES string of the molecule is CCCCN(C(=O)C(C)(C)CCC)c1ccc(F)[c-]c1F.CCCCN(C(=O)C(C)(C)CCC)c1ccc(F)[c-]c1F.[Ti+2]. The Balaban J connectivity index is 0.000000802. The molecule has 0 atom stereocenters. The number of nitrogens with zero attached hydrogens (tertiary/aromatic N) is 2. The molecule has 0 unspecified atom stereocenters. The van der Waals surface area contributed by atoms with Gasteiger partial charge in [-0.15, -0.1) is 36.4 Å². The molecule has 9 heteroatoms.